The van der Waals surface area contributed by atoms with Crippen molar-refractivity contribution in [3.8, 4) is 11.3 Å². The van der Waals surface area contributed by atoms with Gasteiger partial charge in [-0.15, -0.1) is 0 Å². The number of ether oxygens (including phenoxy) is 1. The molecule has 0 radical (unpaired) electrons. The Balaban J connectivity index is 1.95. The minimum atomic E-state index is -1.55. The molecule has 2 aromatic rings. The molecule has 128 valence electrons. The van der Waals surface area contributed by atoms with E-state index in [2.05, 4.69) is 30.1 Å². The van der Waals surface area contributed by atoms with Crippen LogP contribution in [0.1, 0.15) is 17.2 Å². The summed E-state index contributed by atoms with van der Waals surface area (Å²) in [6.45, 7) is 7.47. The number of nitrogens with zero attached hydrogens (tertiary/aromatic N) is 1. The Morgan fingerprint density at radius 3 is 2.88 bits per heavy atom. The molecule has 1 aliphatic heterocycles. The van der Waals surface area contributed by atoms with Crippen LogP contribution in [-0.4, -0.2) is 37.6 Å². The van der Waals surface area contributed by atoms with Crippen LogP contribution in [0.15, 0.2) is 28.8 Å². The van der Waals surface area contributed by atoms with Crippen LogP contribution in [0, 0.1) is 0 Å². The molecule has 1 aliphatic rings. The van der Waals surface area contributed by atoms with Crippen molar-refractivity contribution in [1.82, 2.24) is 10.5 Å². The Hall–Kier alpha value is -2.12. The highest BCUT2D eigenvalue weighted by Gasteiger charge is 2.27. The molecule has 6 nitrogen and oxygen atoms in total. The topological polar surface area (TPSA) is 84.6 Å². The summed E-state index contributed by atoms with van der Waals surface area (Å²) in [7, 11) is -1.55. The van der Waals surface area contributed by atoms with Gasteiger partial charge < -0.3 is 19.7 Å². The lowest BCUT2D eigenvalue weighted by Crippen LogP contribution is -2.36. The van der Waals surface area contributed by atoms with Crippen molar-refractivity contribution in [2.75, 3.05) is 13.2 Å². The molecule has 7 heteroatoms. The normalized spacial score (nSPS) is 17.4. The van der Waals surface area contributed by atoms with E-state index in [1.807, 2.05) is 24.3 Å². The number of nitrogens with one attached hydrogen (secondary N) is 1. The maximum absolute atomic E-state index is 10.8. The van der Waals surface area contributed by atoms with E-state index in [9.17, 15) is 4.79 Å². The SMILES string of the molecule is C[Si](C)(C)c1cc(-c2cccc3c2CCOC3CNC(=O)O)no1. The molecule has 3 rings (SSSR count). The number of hydrogen-bond acceptors (Lipinski definition) is 4. The zero-order valence-corrected chi connectivity index (χ0v) is 15.1. The quantitative estimate of drug-likeness (QED) is 0.832. The molecule has 0 fully saturated rings. The lowest BCUT2D eigenvalue weighted by molar-refractivity contribution is 0.0428. The molecule has 2 N–H and O–H groups in total. The molecule has 1 aromatic heterocycles. The van der Waals surface area contributed by atoms with Crippen molar-refractivity contribution in [3.05, 3.63) is 35.4 Å². The number of hydrogen-bond donors (Lipinski definition) is 2. The average molecular weight is 346 g/mol. The van der Waals surface area contributed by atoms with Crippen molar-refractivity contribution in [3.63, 3.8) is 0 Å². The first kappa shape index (κ1) is 16.7. The third kappa shape index (κ3) is 3.37. The van der Waals surface area contributed by atoms with Gasteiger partial charge in [0.2, 0.25) is 0 Å². The molecule has 0 aliphatic carbocycles. The fraction of sp³-hybridized carbons (Fsp3) is 0.412. The third-order valence-corrected chi connectivity index (χ3v) is 5.91. The van der Waals surface area contributed by atoms with Gasteiger partial charge in [-0.25, -0.2) is 4.79 Å². The highest BCUT2D eigenvalue weighted by molar-refractivity contribution is 6.87. The van der Waals surface area contributed by atoms with E-state index in [-0.39, 0.29) is 12.6 Å². The largest absolute Gasteiger partial charge is 0.465 e. The molecular weight excluding hydrogens is 324 g/mol. The molecule has 2 heterocycles. The maximum atomic E-state index is 10.8. The van der Waals surface area contributed by atoms with Gasteiger partial charge in [-0.05, 0) is 17.5 Å². The summed E-state index contributed by atoms with van der Waals surface area (Å²) in [4.78, 5) is 10.8. The second-order valence-electron chi connectivity index (χ2n) is 7.00. The molecule has 1 aromatic carbocycles. The first-order chi connectivity index (χ1) is 11.4. The van der Waals surface area contributed by atoms with Crippen LogP contribution in [0.25, 0.3) is 11.3 Å². The van der Waals surface area contributed by atoms with E-state index in [1.54, 1.807) is 0 Å². The molecule has 1 atom stereocenters. The zero-order chi connectivity index (χ0) is 17.3. The number of fused-ring (bicyclic) bond motifs is 1. The van der Waals surface area contributed by atoms with E-state index < -0.39 is 14.2 Å². The van der Waals surface area contributed by atoms with Crippen LogP contribution < -0.4 is 10.7 Å². The van der Waals surface area contributed by atoms with Crippen molar-refractivity contribution < 1.29 is 19.2 Å². The molecule has 1 unspecified atom stereocenters. The monoisotopic (exact) mass is 346 g/mol. The molecular formula is C17H22N2O4Si. The van der Waals surface area contributed by atoms with Gasteiger partial charge in [-0.2, -0.15) is 0 Å². The number of benzene rings is 1. The van der Waals surface area contributed by atoms with Crippen LogP contribution in [0.2, 0.25) is 19.6 Å². The summed E-state index contributed by atoms with van der Waals surface area (Å²) in [6, 6.07) is 8.03. The summed E-state index contributed by atoms with van der Waals surface area (Å²) in [5.41, 5.74) is 4.07. The Labute approximate surface area is 141 Å². The molecule has 0 bridgehead atoms. The van der Waals surface area contributed by atoms with Crippen LogP contribution in [0.3, 0.4) is 0 Å². The summed E-state index contributed by atoms with van der Waals surface area (Å²) in [5.74, 6) is 0. The Kier molecular flexibility index (Phi) is 4.47. The van der Waals surface area contributed by atoms with E-state index in [4.69, 9.17) is 14.4 Å². The average Bonchev–Trinajstić information content (AvgIpc) is 3.02. The summed E-state index contributed by atoms with van der Waals surface area (Å²) in [5, 5.41) is 16.5. The van der Waals surface area contributed by atoms with E-state index in [0.717, 1.165) is 34.2 Å². The highest BCUT2D eigenvalue weighted by atomic mass is 28.3. The van der Waals surface area contributed by atoms with E-state index in [0.29, 0.717) is 6.61 Å². The summed E-state index contributed by atoms with van der Waals surface area (Å²) >= 11 is 0. The number of carboxylic acid groups (broad SMARTS) is 1. The van der Waals surface area contributed by atoms with Gasteiger partial charge in [-0.1, -0.05) is 43.0 Å². The zero-order valence-electron chi connectivity index (χ0n) is 14.1. The van der Waals surface area contributed by atoms with E-state index >= 15 is 0 Å². The van der Waals surface area contributed by atoms with Crippen molar-refractivity contribution in [1.29, 1.82) is 0 Å². The van der Waals surface area contributed by atoms with Crippen LogP contribution in [-0.2, 0) is 11.2 Å². The maximum Gasteiger partial charge on any atom is 0.404 e. The molecule has 1 amide bonds. The second kappa shape index (κ2) is 6.41. The second-order valence-corrected chi connectivity index (χ2v) is 12.0. The van der Waals surface area contributed by atoms with Crippen molar-refractivity contribution in [2.24, 2.45) is 0 Å². The lowest BCUT2D eigenvalue weighted by atomic mass is 9.91. The number of carbonyl (C=O) groups is 1. The smallest absolute Gasteiger partial charge is 0.404 e. The van der Waals surface area contributed by atoms with Crippen LogP contribution >= 0.6 is 0 Å². The van der Waals surface area contributed by atoms with Crippen LogP contribution in [0.5, 0.6) is 0 Å². The summed E-state index contributed by atoms with van der Waals surface area (Å²) in [6.07, 6.45) is -0.532. The number of rotatable bonds is 4. The van der Waals surface area contributed by atoms with Gasteiger partial charge in [0.25, 0.3) is 0 Å². The first-order valence-corrected chi connectivity index (χ1v) is 11.5. The van der Waals surface area contributed by atoms with Crippen LogP contribution in [0.4, 0.5) is 4.79 Å². The first-order valence-electron chi connectivity index (χ1n) is 8.04. The fourth-order valence-corrected chi connectivity index (χ4v) is 3.81. The molecule has 0 saturated heterocycles. The van der Waals surface area contributed by atoms with E-state index in [1.165, 1.54) is 0 Å². The minimum Gasteiger partial charge on any atom is -0.465 e. The van der Waals surface area contributed by atoms with Gasteiger partial charge in [0, 0.05) is 11.6 Å². The Morgan fingerprint density at radius 2 is 2.21 bits per heavy atom. The highest BCUT2D eigenvalue weighted by Crippen LogP contribution is 2.33. The standard InChI is InChI=1S/C17H22N2O4Si/c1-24(2,3)16-9-14(19-23-16)12-5-4-6-13-11(12)7-8-22-15(13)10-18-17(20)21/h4-6,9,15,18H,7-8,10H2,1-3H3,(H,20,21). The minimum absolute atomic E-state index is 0.241. The third-order valence-electron chi connectivity index (χ3n) is 4.19. The Bertz CT molecular complexity index is 751. The predicted octanol–water partition coefficient (Wildman–Crippen LogP) is 2.77. The predicted molar refractivity (Wildman–Crippen MR) is 93.3 cm³/mol. The molecule has 0 spiro atoms. The van der Waals surface area contributed by atoms with Gasteiger partial charge in [0.1, 0.15) is 25.3 Å². The lowest BCUT2D eigenvalue weighted by Gasteiger charge is -2.27. The summed E-state index contributed by atoms with van der Waals surface area (Å²) < 4.78 is 11.3. The number of amides is 1. The van der Waals surface area contributed by atoms with Crippen molar-refractivity contribution >= 4 is 19.6 Å². The Morgan fingerprint density at radius 1 is 1.42 bits per heavy atom. The van der Waals surface area contributed by atoms with Gasteiger partial charge in [0.05, 0.1) is 13.2 Å². The fourth-order valence-electron chi connectivity index (χ4n) is 2.92. The van der Waals surface area contributed by atoms with Gasteiger partial charge in [-0.3, -0.25) is 0 Å². The molecule has 0 saturated carbocycles. The van der Waals surface area contributed by atoms with Gasteiger partial charge in [0.15, 0.2) is 0 Å². The number of aromatic nitrogens is 1. The molecule has 24 heavy (non-hydrogen) atoms. The van der Waals surface area contributed by atoms with Crippen molar-refractivity contribution in [2.45, 2.75) is 32.2 Å². The van der Waals surface area contributed by atoms with Gasteiger partial charge >= 0.3 is 6.09 Å².